The van der Waals surface area contributed by atoms with Crippen LogP contribution in [-0.2, 0) is 12.8 Å². The Morgan fingerprint density at radius 3 is 2.49 bits per heavy atom. The number of carbonyl (C=O) groups is 1. The van der Waals surface area contributed by atoms with Crippen molar-refractivity contribution in [1.29, 1.82) is 0 Å². The Hall–Kier alpha value is -3.38. The number of amides is 1. The molecule has 3 heterocycles. The van der Waals surface area contributed by atoms with Crippen LogP contribution in [0.3, 0.4) is 0 Å². The summed E-state index contributed by atoms with van der Waals surface area (Å²) in [5.74, 6) is 1.37. The number of furan rings is 1. The molecule has 5 rings (SSSR count). The third-order valence-electron chi connectivity index (χ3n) is 6.59. The number of aryl methyl sites for hydroxylation is 2. The first kappa shape index (κ1) is 23.4. The van der Waals surface area contributed by atoms with Crippen molar-refractivity contribution in [2.75, 3.05) is 10.6 Å². The van der Waals surface area contributed by atoms with Gasteiger partial charge in [0.1, 0.15) is 10.8 Å². The molecule has 3 aromatic heterocycles. The van der Waals surface area contributed by atoms with Crippen molar-refractivity contribution < 1.29 is 9.21 Å². The molecule has 0 bridgehead atoms. The molecule has 1 atom stereocenters. The predicted octanol–water partition coefficient (Wildman–Crippen LogP) is 7.50. The van der Waals surface area contributed by atoms with E-state index in [9.17, 15) is 4.79 Å². The highest BCUT2D eigenvalue weighted by Gasteiger charge is 2.29. The van der Waals surface area contributed by atoms with Crippen molar-refractivity contribution in [1.82, 2.24) is 4.98 Å². The van der Waals surface area contributed by atoms with Gasteiger partial charge in [-0.25, -0.2) is 4.98 Å². The standard InChI is InChI=1S/C29H31N3O2S/c1-18(2)20-13-15-21(16-14-20)27(31-25-12-6-8-19(3)30-25)26-22-9-4-5-11-24(22)35-29(26)32-28(33)23-10-7-17-34-23/h6-8,10,12-18,27H,4-5,9,11H2,1-3H3,(H,30,31)(H,32,33)/t27-/m0/s1. The van der Waals surface area contributed by atoms with Gasteiger partial charge in [-0.1, -0.05) is 44.2 Å². The molecule has 5 nitrogen and oxygen atoms in total. The number of thiophene rings is 1. The quantitative estimate of drug-likeness (QED) is 0.284. The molecule has 0 spiro atoms. The second-order valence-corrected chi connectivity index (χ2v) is 10.6. The molecule has 180 valence electrons. The zero-order chi connectivity index (χ0) is 24.4. The van der Waals surface area contributed by atoms with Crippen LogP contribution >= 0.6 is 11.3 Å². The van der Waals surface area contributed by atoms with Crippen LogP contribution in [-0.4, -0.2) is 10.9 Å². The van der Waals surface area contributed by atoms with Crippen molar-refractivity contribution in [3.05, 3.63) is 99.4 Å². The second kappa shape index (κ2) is 10.1. The van der Waals surface area contributed by atoms with Crippen molar-refractivity contribution in [2.45, 2.75) is 58.4 Å². The SMILES string of the molecule is Cc1cccc(N[C@@H](c2ccc(C(C)C)cc2)c2c(NC(=O)c3ccco3)sc3c2CCCC3)n1. The molecule has 4 aromatic rings. The number of anilines is 2. The number of rotatable bonds is 7. The summed E-state index contributed by atoms with van der Waals surface area (Å²) in [5.41, 5.74) is 5.92. The summed E-state index contributed by atoms with van der Waals surface area (Å²) in [6.07, 6.45) is 5.93. The highest BCUT2D eigenvalue weighted by molar-refractivity contribution is 7.16. The fourth-order valence-electron chi connectivity index (χ4n) is 4.73. The van der Waals surface area contributed by atoms with Crippen LogP contribution < -0.4 is 10.6 Å². The van der Waals surface area contributed by atoms with Gasteiger partial charge in [0.2, 0.25) is 0 Å². The molecule has 1 aliphatic rings. The molecular formula is C29H31N3O2S. The van der Waals surface area contributed by atoms with E-state index >= 15 is 0 Å². The summed E-state index contributed by atoms with van der Waals surface area (Å²) in [6.45, 7) is 6.41. The summed E-state index contributed by atoms with van der Waals surface area (Å²) in [7, 11) is 0. The Kier molecular flexibility index (Phi) is 6.73. The zero-order valence-corrected chi connectivity index (χ0v) is 21.2. The molecule has 2 N–H and O–H groups in total. The van der Waals surface area contributed by atoms with Gasteiger partial charge >= 0.3 is 0 Å². The maximum atomic E-state index is 13.0. The van der Waals surface area contributed by atoms with E-state index in [2.05, 4.69) is 48.7 Å². The van der Waals surface area contributed by atoms with Gasteiger partial charge in [0.25, 0.3) is 5.91 Å². The Morgan fingerprint density at radius 1 is 1.00 bits per heavy atom. The normalized spacial score (nSPS) is 13.9. The number of aromatic nitrogens is 1. The molecule has 0 saturated carbocycles. The van der Waals surface area contributed by atoms with Crippen LogP contribution in [0.15, 0.2) is 65.3 Å². The molecule has 6 heteroatoms. The van der Waals surface area contributed by atoms with E-state index < -0.39 is 0 Å². The monoisotopic (exact) mass is 485 g/mol. The van der Waals surface area contributed by atoms with Gasteiger partial charge in [0.05, 0.1) is 12.3 Å². The lowest BCUT2D eigenvalue weighted by Crippen LogP contribution is -2.19. The average Bonchev–Trinajstić information content (AvgIpc) is 3.51. The van der Waals surface area contributed by atoms with Crippen molar-refractivity contribution in [3.8, 4) is 0 Å². The van der Waals surface area contributed by atoms with E-state index in [4.69, 9.17) is 9.40 Å². The molecule has 0 radical (unpaired) electrons. The van der Waals surface area contributed by atoms with Crippen LogP contribution in [0, 0.1) is 6.92 Å². The van der Waals surface area contributed by atoms with E-state index in [1.54, 1.807) is 23.5 Å². The largest absolute Gasteiger partial charge is 0.459 e. The molecule has 1 amide bonds. The minimum Gasteiger partial charge on any atom is -0.459 e. The fourth-order valence-corrected chi connectivity index (χ4v) is 6.05. The first-order valence-corrected chi connectivity index (χ1v) is 13.1. The molecule has 0 unspecified atom stereocenters. The van der Waals surface area contributed by atoms with Crippen molar-refractivity contribution >= 4 is 28.1 Å². The van der Waals surface area contributed by atoms with Crippen LogP contribution in [0.25, 0.3) is 0 Å². The highest BCUT2D eigenvalue weighted by Crippen LogP contribution is 2.44. The summed E-state index contributed by atoms with van der Waals surface area (Å²) in [4.78, 5) is 19.1. The molecule has 0 saturated heterocycles. The summed E-state index contributed by atoms with van der Waals surface area (Å²) < 4.78 is 5.37. The van der Waals surface area contributed by atoms with Crippen molar-refractivity contribution in [3.63, 3.8) is 0 Å². The Bertz CT molecular complexity index is 1310. The van der Waals surface area contributed by atoms with Crippen LogP contribution in [0.5, 0.6) is 0 Å². The predicted molar refractivity (Wildman–Crippen MR) is 143 cm³/mol. The third-order valence-corrected chi connectivity index (χ3v) is 7.81. The number of nitrogens with zero attached hydrogens (tertiary/aromatic N) is 1. The smallest absolute Gasteiger partial charge is 0.291 e. The van der Waals surface area contributed by atoms with Crippen LogP contribution in [0.2, 0.25) is 0 Å². The lowest BCUT2D eigenvalue weighted by molar-refractivity contribution is 0.0997. The van der Waals surface area contributed by atoms with Crippen LogP contribution in [0.1, 0.15) is 82.0 Å². The average molecular weight is 486 g/mol. The van der Waals surface area contributed by atoms with E-state index in [0.717, 1.165) is 46.9 Å². The zero-order valence-electron chi connectivity index (χ0n) is 20.4. The Labute approximate surface area is 210 Å². The summed E-state index contributed by atoms with van der Waals surface area (Å²) >= 11 is 1.70. The number of fused-ring (bicyclic) bond motifs is 1. The fraction of sp³-hybridized carbons (Fsp3) is 0.310. The minimum absolute atomic E-state index is 0.143. The van der Waals surface area contributed by atoms with E-state index in [1.165, 1.54) is 28.7 Å². The van der Waals surface area contributed by atoms with E-state index in [1.807, 2.05) is 25.1 Å². The number of benzene rings is 1. The number of nitrogens with one attached hydrogen (secondary N) is 2. The lowest BCUT2D eigenvalue weighted by atomic mass is 9.88. The maximum absolute atomic E-state index is 13.0. The van der Waals surface area contributed by atoms with E-state index in [-0.39, 0.29) is 11.9 Å². The second-order valence-electron chi connectivity index (χ2n) is 9.45. The maximum Gasteiger partial charge on any atom is 0.291 e. The number of hydrogen-bond acceptors (Lipinski definition) is 5. The van der Waals surface area contributed by atoms with Gasteiger partial charge in [-0.05, 0) is 79.5 Å². The minimum atomic E-state index is -0.225. The van der Waals surface area contributed by atoms with Gasteiger partial charge in [-0.3, -0.25) is 4.79 Å². The molecule has 0 fully saturated rings. The summed E-state index contributed by atoms with van der Waals surface area (Å²) in [6, 6.07) is 18.1. The Morgan fingerprint density at radius 2 is 1.77 bits per heavy atom. The molecular weight excluding hydrogens is 454 g/mol. The third kappa shape index (κ3) is 5.03. The summed E-state index contributed by atoms with van der Waals surface area (Å²) in [5, 5.41) is 7.76. The van der Waals surface area contributed by atoms with Gasteiger partial charge in [0, 0.05) is 16.1 Å². The van der Waals surface area contributed by atoms with Gasteiger partial charge in [-0.15, -0.1) is 11.3 Å². The number of carbonyl (C=O) groups excluding carboxylic acids is 1. The highest BCUT2D eigenvalue weighted by atomic mass is 32.1. The number of hydrogen-bond donors (Lipinski definition) is 2. The Balaban J connectivity index is 1.61. The van der Waals surface area contributed by atoms with Crippen LogP contribution in [0.4, 0.5) is 10.8 Å². The van der Waals surface area contributed by atoms with E-state index in [0.29, 0.717) is 11.7 Å². The van der Waals surface area contributed by atoms with Gasteiger partial charge in [-0.2, -0.15) is 0 Å². The lowest BCUT2D eigenvalue weighted by Gasteiger charge is -2.24. The molecule has 35 heavy (non-hydrogen) atoms. The number of pyridine rings is 1. The van der Waals surface area contributed by atoms with Gasteiger partial charge < -0.3 is 15.1 Å². The molecule has 0 aliphatic heterocycles. The van der Waals surface area contributed by atoms with Gasteiger partial charge in [0.15, 0.2) is 5.76 Å². The first-order chi connectivity index (χ1) is 17.0. The molecule has 1 aliphatic carbocycles. The first-order valence-electron chi connectivity index (χ1n) is 12.3. The van der Waals surface area contributed by atoms with Crippen molar-refractivity contribution in [2.24, 2.45) is 0 Å². The topological polar surface area (TPSA) is 67.2 Å². The molecule has 1 aromatic carbocycles.